The third-order valence-electron chi connectivity index (χ3n) is 17.5. The Morgan fingerprint density at radius 3 is 1.53 bits per heavy atom. The third kappa shape index (κ3) is 3.56. The maximum atomic E-state index is 2.75. The minimum absolute atomic E-state index is 0.0555. The maximum absolute atomic E-state index is 2.75. The van der Waals surface area contributed by atoms with Crippen LogP contribution in [-0.2, 0) is 10.8 Å². The number of hydrogen-bond acceptors (Lipinski definition) is 2. The molecule has 3 heteroatoms. The molecule has 2 spiro atoms. The number of hydrogen-bond donors (Lipinski definition) is 0. The smallest absolute Gasteiger partial charge is 0.252 e. The van der Waals surface area contributed by atoms with E-state index in [-0.39, 0.29) is 17.5 Å². The number of para-hydroxylation sites is 3. The van der Waals surface area contributed by atoms with Gasteiger partial charge in [0.1, 0.15) is 0 Å². The molecular weight excluding hydrogens is 711 g/mol. The number of benzene rings is 7. The monoisotopic (exact) mass is 756 g/mol. The molecule has 4 fully saturated rings. The first kappa shape index (κ1) is 32.1. The van der Waals surface area contributed by atoms with Crippen LogP contribution in [0.15, 0.2) is 152 Å². The van der Waals surface area contributed by atoms with Crippen molar-refractivity contribution in [2.24, 2.45) is 23.7 Å². The van der Waals surface area contributed by atoms with Crippen molar-refractivity contribution in [3.8, 4) is 22.3 Å². The van der Waals surface area contributed by atoms with E-state index in [1.54, 1.807) is 22.3 Å². The van der Waals surface area contributed by atoms with Crippen molar-refractivity contribution in [2.75, 3.05) is 9.80 Å². The molecule has 6 aliphatic carbocycles. The zero-order valence-electron chi connectivity index (χ0n) is 33.4. The van der Waals surface area contributed by atoms with Gasteiger partial charge in [0.15, 0.2) is 0 Å². The van der Waals surface area contributed by atoms with Crippen LogP contribution in [0.3, 0.4) is 0 Å². The Labute approximate surface area is 347 Å². The van der Waals surface area contributed by atoms with E-state index < -0.39 is 0 Å². The normalized spacial score (nSPS) is 27.5. The highest BCUT2D eigenvalue weighted by Gasteiger charge is 2.63. The Kier molecular flexibility index (Phi) is 6.02. The summed E-state index contributed by atoms with van der Waals surface area (Å²) < 4.78 is 0. The van der Waals surface area contributed by atoms with Gasteiger partial charge in [0.25, 0.3) is 6.71 Å². The van der Waals surface area contributed by atoms with Crippen LogP contribution in [0.25, 0.3) is 22.3 Å². The number of nitrogens with zero attached hydrogens (tertiary/aromatic N) is 2. The summed E-state index contributed by atoms with van der Waals surface area (Å²) >= 11 is 0. The lowest BCUT2D eigenvalue weighted by Gasteiger charge is -2.46. The molecule has 7 aromatic rings. The van der Waals surface area contributed by atoms with Crippen molar-refractivity contribution in [3.63, 3.8) is 0 Å². The molecular formula is C56H45BN2. The molecule has 15 rings (SSSR count). The fraction of sp³-hybridized carbons (Fsp3) is 0.250. The highest BCUT2D eigenvalue weighted by atomic mass is 15.2. The molecule has 4 saturated carbocycles. The highest BCUT2D eigenvalue weighted by molar-refractivity contribution is 7.01. The molecule has 0 N–H and O–H groups in total. The van der Waals surface area contributed by atoms with Crippen LogP contribution in [0.4, 0.5) is 34.1 Å². The average molecular weight is 757 g/mol. The van der Waals surface area contributed by atoms with Gasteiger partial charge in [-0.25, -0.2) is 0 Å². The molecule has 2 heterocycles. The largest absolute Gasteiger partial charge is 0.311 e. The van der Waals surface area contributed by atoms with Gasteiger partial charge in [-0.1, -0.05) is 109 Å². The van der Waals surface area contributed by atoms with Crippen molar-refractivity contribution in [1.29, 1.82) is 0 Å². The van der Waals surface area contributed by atoms with E-state index in [2.05, 4.69) is 161 Å². The molecule has 282 valence electrons. The standard InChI is InChI=1S/C56H45BN2/c1-3-13-38(14-4-1)58-47-22-12-11-21-46(47)57-52-48(32-31-44-50(52)40-17-7-9-19-42(40)55(44)34-23-24-35(55)26-25-34)59(39-15-5-2-6-16-39)54-51-41-18-8-10-20-43(41)56(36-27-28-37(56)30-29-36)45(51)33-49(58)53(54)57/h1-22,31-37H,23-30H2. The second-order valence-corrected chi connectivity index (χ2v) is 19.3. The predicted molar refractivity (Wildman–Crippen MR) is 244 cm³/mol. The van der Waals surface area contributed by atoms with E-state index >= 15 is 0 Å². The van der Waals surface area contributed by atoms with E-state index in [0.29, 0.717) is 11.8 Å². The van der Waals surface area contributed by atoms with Crippen LogP contribution in [0.1, 0.15) is 73.6 Å². The molecule has 7 aromatic carbocycles. The second-order valence-electron chi connectivity index (χ2n) is 19.3. The molecule has 4 bridgehead atoms. The Morgan fingerprint density at radius 2 is 0.898 bits per heavy atom. The first-order chi connectivity index (χ1) is 29.3. The van der Waals surface area contributed by atoms with Gasteiger partial charge in [-0.2, -0.15) is 0 Å². The average Bonchev–Trinajstić information content (AvgIpc) is 4.16. The summed E-state index contributed by atoms with van der Waals surface area (Å²) in [5.74, 6) is 2.79. The molecule has 59 heavy (non-hydrogen) atoms. The van der Waals surface area contributed by atoms with E-state index in [9.17, 15) is 0 Å². The van der Waals surface area contributed by atoms with Crippen LogP contribution < -0.4 is 26.2 Å². The van der Waals surface area contributed by atoms with Crippen molar-refractivity contribution < 1.29 is 0 Å². The van der Waals surface area contributed by atoms with Gasteiger partial charge in [0.05, 0.1) is 5.69 Å². The van der Waals surface area contributed by atoms with Gasteiger partial charge >= 0.3 is 0 Å². The summed E-state index contributed by atoms with van der Waals surface area (Å²) in [6, 6.07) is 59.5. The summed E-state index contributed by atoms with van der Waals surface area (Å²) in [6.07, 6.45) is 10.7. The van der Waals surface area contributed by atoms with Gasteiger partial charge in [-0.15, -0.1) is 0 Å². The van der Waals surface area contributed by atoms with E-state index in [1.165, 1.54) is 124 Å². The SMILES string of the molecule is c1ccc(N2c3ccccc3B3c4c(ccc5c4-c4ccccc4C54C5CCC4CC5)N(c4ccccc4)c4c3c2cc2c4-c3ccccc3C23C2CCC3CC2)cc1. The molecule has 0 unspecified atom stereocenters. The van der Waals surface area contributed by atoms with Gasteiger partial charge in [-0.05, 0) is 173 Å². The van der Waals surface area contributed by atoms with Crippen molar-refractivity contribution in [2.45, 2.75) is 62.2 Å². The third-order valence-corrected chi connectivity index (χ3v) is 17.5. The lowest BCUT2D eigenvalue weighted by Crippen LogP contribution is -2.62. The lowest BCUT2D eigenvalue weighted by atomic mass is 9.32. The fourth-order valence-electron chi connectivity index (χ4n) is 15.9. The van der Waals surface area contributed by atoms with E-state index in [0.717, 1.165) is 11.8 Å². The van der Waals surface area contributed by atoms with E-state index in [4.69, 9.17) is 0 Å². The first-order valence-corrected chi connectivity index (χ1v) is 22.7. The zero-order valence-corrected chi connectivity index (χ0v) is 33.4. The summed E-state index contributed by atoms with van der Waals surface area (Å²) in [4.78, 5) is 5.41. The highest BCUT2D eigenvalue weighted by Crippen LogP contribution is 2.71. The molecule has 0 aromatic heterocycles. The predicted octanol–water partition coefficient (Wildman–Crippen LogP) is 11.9. The Bertz CT molecular complexity index is 2930. The van der Waals surface area contributed by atoms with Crippen LogP contribution in [0.2, 0.25) is 0 Å². The Hall–Kier alpha value is -5.80. The number of anilines is 6. The summed E-state index contributed by atoms with van der Waals surface area (Å²) in [6.45, 7) is 0.0812. The fourth-order valence-corrected chi connectivity index (χ4v) is 15.9. The van der Waals surface area contributed by atoms with Crippen LogP contribution in [0.5, 0.6) is 0 Å². The van der Waals surface area contributed by atoms with Gasteiger partial charge in [0.2, 0.25) is 0 Å². The molecule has 8 aliphatic rings. The Balaban J connectivity index is 1.14. The second kappa shape index (κ2) is 11.1. The van der Waals surface area contributed by atoms with Crippen LogP contribution in [0, 0.1) is 23.7 Å². The first-order valence-electron chi connectivity index (χ1n) is 22.7. The number of rotatable bonds is 2. The molecule has 2 nitrogen and oxygen atoms in total. The van der Waals surface area contributed by atoms with Gasteiger partial charge < -0.3 is 9.80 Å². The van der Waals surface area contributed by atoms with Crippen LogP contribution in [-0.4, -0.2) is 6.71 Å². The summed E-state index contributed by atoms with van der Waals surface area (Å²) in [7, 11) is 0. The summed E-state index contributed by atoms with van der Waals surface area (Å²) in [5.41, 5.74) is 25.0. The minimum atomic E-state index is 0.0555. The van der Waals surface area contributed by atoms with Crippen molar-refractivity contribution >= 4 is 57.2 Å². The summed E-state index contributed by atoms with van der Waals surface area (Å²) in [5, 5.41) is 0. The van der Waals surface area contributed by atoms with Crippen molar-refractivity contribution in [1.82, 2.24) is 0 Å². The maximum Gasteiger partial charge on any atom is 0.252 e. The van der Waals surface area contributed by atoms with Gasteiger partial charge in [0, 0.05) is 44.8 Å². The Morgan fingerprint density at radius 1 is 0.390 bits per heavy atom. The molecule has 0 amide bonds. The van der Waals surface area contributed by atoms with Crippen LogP contribution >= 0.6 is 0 Å². The van der Waals surface area contributed by atoms with E-state index in [1.807, 2.05) is 0 Å². The quantitative estimate of drug-likeness (QED) is 0.162. The molecule has 0 saturated heterocycles. The van der Waals surface area contributed by atoms with Crippen molar-refractivity contribution in [3.05, 3.63) is 174 Å². The molecule has 2 aliphatic heterocycles. The zero-order chi connectivity index (χ0) is 38.2. The molecule has 0 atom stereocenters. The lowest BCUT2D eigenvalue weighted by molar-refractivity contribution is 0.400. The minimum Gasteiger partial charge on any atom is -0.311 e. The topological polar surface area (TPSA) is 6.48 Å². The van der Waals surface area contributed by atoms with Gasteiger partial charge in [-0.3, -0.25) is 0 Å². The molecule has 0 radical (unpaired) electrons. The number of fused-ring (bicyclic) bond motifs is 12.